The van der Waals surface area contributed by atoms with Crippen LogP contribution in [0.3, 0.4) is 0 Å². The summed E-state index contributed by atoms with van der Waals surface area (Å²) in [6.45, 7) is 5.70. The molecule has 0 radical (unpaired) electrons. The summed E-state index contributed by atoms with van der Waals surface area (Å²) in [5.74, 6) is -1.58. The summed E-state index contributed by atoms with van der Waals surface area (Å²) in [7, 11) is 0. The van der Waals surface area contributed by atoms with E-state index >= 15 is 0 Å². The molecule has 20 heavy (non-hydrogen) atoms. The van der Waals surface area contributed by atoms with Gasteiger partial charge < -0.3 is 18.9 Å². The number of rotatable bonds is 4. The zero-order chi connectivity index (χ0) is 15.3. The molecule has 1 saturated heterocycles. The molecule has 1 aliphatic heterocycles. The van der Waals surface area contributed by atoms with Crippen molar-refractivity contribution in [1.82, 2.24) is 0 Å². The third kappa shape index (κ3) is 4.48. The van der Waals surface area contributed by atoms with Crippen molar-refractivity contribution in [3.8, 4) is 0 Å². The molecular formula is C13H20O7. The van der Waals surface area contributed by atoms with E-state index in [0.717, 1.165) is 0 Å². The van der Waals surface area contributed by atoms with Gasteiger partial charge in [0, 0.05) is 20.8 Å². The molecule has 0 aliphatic carbocycles. The lowest BCUT2D eigenvalue weighted by atomic mass is 9.97. The van der Waals surface area contributed by atoms with Gasteiger partial charge in [0.05, 0.1) is 12.7 Å². The molecule has 0 amide bonds. The lowest BCUT2D eigenvalue weighted by Crippen LogP contribution is -2.57. The van der Waals surface area contributed by atoms with Gasteiger partial charge in [0.15, 0.2) is 18.3 Å². The molecule has 0 spiro atoms. The highest BCUT2D eigenvalue weighted by molar-refractivity contribution is 5.68. The molecule has 1 aliphatic rings. The summed E-state index contributed by atoms with van der Waals surface area (Å²) in [4.78, 5) is 33.5. The van der Waals surface area contributed by atoms with E-state index in [1.54, 1.807) is 0 Å². The van der Waals surface area contributed by atoms with Crippen LogP contribution in [-0.4, -0.2) is 48.9 Å². The van der Waals surface area contributed by atoms with Gasteiger partial charge in [0.25, 0.3) is 0 Å². The molecule has 114 valence electrons. The molecule has 4 atom stereocenters. The Balaban J connectivity index is 2.95. The summed E-state index contributed by atoms with van der Waals surface area (Å²) < 4.78 is 21.0. The van der Waals surface area contributed by atoms with Gasteiger partial charge in [-0.05, 0) is 6.42 Å². The Kier molecular flexibility index (Phi) is 5.94. The van der Waals surface area contributed by atoms with Crippen LogP contribution >= 0.6 is 0 Å². The number of ether oxygens (including phenoxy) is 4. The van der Waals surface area contributed by atoms with Crippen LogP contribution in [0.5, 0.6) is 0 Å². The smallest absolute Gasteiger partial charge is 0.303 e. The topological polar surface area (TPSA) is 88.1 Å². The van der Waals surface area contributed by atoms with Gasteiger partial charge in [0.1, 0.15) is 0 Å². The van der Waals surface area contributed by atoms with Crippen molar-refractivity contribution in [2.24, 2.45) is 0 Å². The minimum atomic E-state index is -0.862. The first-order valence-corrected chi connectivity index (χ1v) is 6.48. The molecule has 1 rings (SSSR count). The second-order valence-electron chi connectivity index (χ2n) is 4.58. The maximum atomic E-state index is 11.2. The van der Waals surface area contributed by atoms with Crippen molar-refractivity contribution in [3.63, 3.8) is 0 Å². The molecule has 0 N–H and O–H groups in total. The molecule has 0 aromatic heterocycles. The number of hydrogen-bond acceptors (Lipinski definition) is 7. The average molecular weight is 288 g/mol. The van der Waals surface area contributed by atoms with E-state index in [4.69, 9.17) is 18.9 Å². The summed E-state index contributed by atoms with van der Waals surface area (Å²) in [6.07, 6.45) is -2.28. The Morgan fingerprint density at radius 2 is 1.45 bits per heavy atom. The first-order valence-electron chi connectivity index (χ1n) is 6.48. The Labute approximate surface area is 117 Å². The van der Waals surface area contributed by atoms with Crippen molar-refractivity contribution in [1.29, 1.82) is 0 Å². The molecule has 1 fully saturated rings. The van der Waals surface area contributed by atoms with Gasteiger partial charge >= 0.3 is 17.9 Å². The standard InChI is InChI=1S/C13H20O7/c1-5-10-12(19-8(3)15)13(20-9(4)16)11(6-17-10)18-7(2)14/h10-13H,5-6H2,1-4H3/t10-,11+,12?,13?/m0/s1. The molecule has 7 heteroatoms. The summed E-state index contributed by atoms with van der Waals surface area (Å²) in [6, 6.07) is 0. The van der Waals surface area contributed by atoms with E-state index in [0.29, 0.717) is 6.42 Å². The predicted octanol–water partition coefficient (Wildman–Crippen LogP) is 0.590. The van der Waals surface area contributed by atoms with E-state index in [1.165, 1.54) is 20.8 Å². The van der Waals surface area contributed by atoms with Crippen LogP contribution < -0.4 is 0 Å². The summed E-state index contributed by atoms with van der Waals surface area (Å²) in [5.41, 5.74) is 0. The minimum absolute atomic E-state index is 0.0911. The largest absolute Gasteiger partial charge is 0.456 e. The van der Waals surface area contributed by atoms with Crippen molar-refractivity contribution in [2.45, 2.75) is 58.5 Å². The molecule has 0 saturated carbocycles. The third-order valence-electron chi connectivity index (χ3n) is 2.86. The van der Waals surface area contributed by atoms with E-state index in [2.05, 4.69) is 0 Å². The van der Waals surface area contributed by atoms with Crippen LogP contribution in [0, 0.1) is 0 Å². The lowest BCUT2D eigenvalue weighted by molar-refractivity contribution is -0.225. The van der Waals surface area contributed by atoms with Gasteiger partial charge in [-0.15, -0.1) is 0 Å². The van der Waals surface area contributed by atoms with Gasteiger partial charge in [0.2, 0.25) is 0 Å². The van der Waals surface area contributed by atoms with Crippen molar-refractivity contribution in [3.05, 3.63) is 0 Å². The number of esters is 3. The second kappa shape index (κ2) is 7.23. The highest BCUT2D eigenvalue weighted by Gasteiger charge is 2.45. The van der Waals surface area contributed by atoms with Crippen LogP contribution in [0.25, 0.3) is 0 Å². The summed E-state index contributed by atoms with van der Waals surface area (Å²) >= 11 is 0. The highest BCUT2D eigenvalue weighted by atomic mass is 16.6. The van der Waals surface area contributed by atoms with Crippen molar-refractivity contribution >= 4 is 17.9 Å². The lowest BCUT2D eigenvalue weighted by Gasteiger charge is -2.40. The average Bonchev–Trinajstić information content (AvgIpc) is 2.31. The number of hydrogen-bond donors (Lipinski definition) is 0. The SMILES string of the molecule is CC[C@@H]1OC[C@@H](OC(C)=O)C(OC(C)=O)C1OC(C)=O. The summed E-state index contributed by atoms with van der Waals surface area (Å²) in [5, 5.41) is 0. The van der Waals surface area contributed by atoms with Crippen LogP contribution in [0.2, 0.25) is 0 Å². The van der Waals surface area contributed by atoms with Crippen molar-refractivity contribution < 1.29 is 33.3 Å². The Morgan fingerprint density at radius 3 is 1.90 bits per heavy atom. The van der Waals surface area contributed by atoms with Crippen LogP contribution in [0.4, 0.5) is 0 Å². The maximum absolute atomic E-state index is 11.2. The molecule has 0 aromatic carbocycles. The van der Waals surface area contributed by atoms with E-state index < -0.39 is 42.3 Å². The normalized spacial score (nSPS) is 29.4. The second-order valence-corrected chi connectivity index (χ2v) is 4.58. The highest BCUT2D eigenvalue weighted by Crippen LogP contribution is 2.25. The fourth-order valence-corrected chi connectivity index (χ4v) is 2.16. The zero-order valence-electron chi connectivity index (χ0n) is 12.1. The third-order valence-corrected chi connectivity index (χ3v) is 2.86. The van der Waals surface area contributed by atoms with Crippen LogP contribution in [0.15, 0.2) is 0 Å². The monoisotopic (exact) mass is 288 g/mol. The van der Waals surface area contributed by atoms with Gasteiger partial charge in [-0.3, -0.25) is 14.4 Å². The number of carbonyl (C=O) groups is 3. The quantitative estimate of drug-likeness (QED) is 0.552. The molecular weight excluding hydrogens is 268 g/mol. The van der Waals surface area contributed by atoms with Gasteiger partial charge in [-0.2, -0.15) is 0 Å². The first kappa shape index (κ1) is 16.4. The first-order chi connectivity index (χ1) is 9.35. The predicted molar refractivity (Wildman–Crippen MR) is 66.7 cm³/mol. The van der Waals surface area contributed by atoms with Crippen LogP contribution in [-0.2, 0) is 33.3 Å². The Hall–Kier alpha value is -1.63. The van der Waals surface area contributed by atoms with E-state index in [9.17, 15) is 14.4 Å². The zero-order valence-corrected chi connectivity index (χ0v) is 12.1. The number of carbonyl (C=O) groups excluding carboxylic acids is 3. The van der Waals surface area contributed by atoms with E-state index in [-0.39, 0.29) is 6.61 Å². The fourth-order valence-electron chi connectivity index (χ4n) is 2.16. The van der Waals surface area contributed by atoms with E-state index in [1.807, 2.05) is 6.92 Å². The minimum Gasteiger partial charge on any atom is -0.456 e. The van der Waals surface area contributed by atoms with Crippen molar-refractivity contribution in [2.75, 3.05) is 6.61 Å². The van der Waals surface area contributed by atoms with Gasteiger partial charge in [-0.25, -0.2) is 0 Å². The molecule has 0 bridgehead atoms. The maximum Gasteiger partial charge on any atom is 0.303 e. The molecule has 2 unspecified atom stereocenters. The molecule has 7 nitrogen and oxygen atoms in total. The Morgan fingerprint density at radius 1 is 0.950 bits per heavy atom. The van der Waals surface area contributed by atoms with Gasteiger partial charge in [-0.1, -0.05) is 6.92 Å². The van der Waals surface area contributed by atoms with Crippen LogP contribution in [0.1, 0.15) is 34.1 Å². The Bertz CT molecular complexity index is 379. The fraction of sp³-hybridized carbons (Fsp3) is 0.769. The molecule has 1 heterocycles. The molecule has 0 aromatic rings.